The molecule has 0 aliphatic carbocycles. The smallest absolute Gasteiger partial charge is 0.341 e. The molecule has 0 atom stereocenters. The fraction of sp³-hybridized carbons (Fsp3) is 0.231. The normalized spacial score (nSPS) is 10.3. The number of nitrogens with two attached hydrogens (primary N) is 1. The molecule has 0 fully saturated rings. The molecule has 2 N–H and O–H groups in total. The number of ether oxygens (including phenoxy) is 1. The second-order valence-electron chi connectivity index (χ2n) is 3.87. The van der Waals surface area contributed by atoms with Gasteiger partial charge in [0, 0.05) is 12.7 Å². The SMILES string of the molecule is COC(=O)c1cn(Cc2ccccc2)nc1CN. The van der Waals surface area contributed by atoms with E-state index in [9.17, 15) is 4.79 Å². The predicted octanol–water partition coefficient (Wildman–Crippen LogP) is 1.18. The fourth-order valence-electron chi connectivity index (χ4n) is 1.74. The maximum atomic E-state index is 11.5. The van der Waals surface area contributed by atoms with Crippen molar-refractivity contribution in [3.8, 4) is 0 Å². The number of hydrogen-bond donors (Lipinski definition) is 1. The summed E-state index contributed by atoms with van der Waals surface area (Å²) in [6, 6.07) is 9.88. The van der Waals surface area contributed by atoms with Crippen LogP contribution in [0.3, 0.4) is 0 Å². The van der Waals surface area contributed by atoms with Crippen molar-refractivity contribution in [1.29, 1.82) is 0 Å². The monoisotopic (exact) mass is 245 g/mol. The summed E-state index contributed by atoms with van der Waals surface area (Å²) in [7, 11) is 1.34. The molecule has 2 rings (SSSR count). The molecule has 18 heavy (non-hydrogen) atoms. The minimum atomic E-state index is -0.408. The van der Waals surface area contributed by atoms with Crippen molar-refractivity contribution in [3.63, 3.8) is 0 Å². The molecule has 2 aromatic rings. The second-order valence-corrected chi connectivity index (χ2v) is 3.87. The van der Waals surface area contributed by atoms with Crippen LogP contribution in [0.4, 0.5) is 0 Å². The van der Waals surface area contributed by atoms with Crippen LogP contribution in [0.1, 0.15) is 21.6 Å². The van der Waals surface area contributed by atoms with Crippen molar-refractivity contribution >= 4 is 5.97 Å². The molecular weight excluding hydrogens is 230 g/mol. The maximum Gasteiger partial charge on any atom is 0.341 e. The highest BCUT2D eigenvalue weighted by Crippen LogP contribution is 2.10. The molecule has 5 heteroatoms. The highest BCUT2D eigenvalue weighted by molar-refractivity contribution is 5.90. The highest BCUT2D eigenvalue weighted by Gasteiger charge is 2.15. The summed E-state index contributed by atoms with van der Waals surface area (Å²) in [5.41, 5.74) is 7.66. The zero-order valence-electron chi connectivity index (χ0n) is 10.2. The minimum absolute atomic E-state index is 0.215. The van der Waals surface area contributed by atoms with E-state index in [1.165, 1.54) is 7.11 Å². The van der Waals surface area contributed by atoms with Gasteiger partial charge >= 0.3 is 5.97 Å². The van der Waals surface area contributed by atoms with Crippen LogP contribution in [0, 0.1) is 0 Å². The average molecular weight is 245 g/mol. The number of benzene rings is 1. The van der Waals surface area contributed by atoms with Gasteiger partial charge in [-0.3, -0.25) is 4.68 Å². The Morgan fingerprint density at radius 2 is 2.11 bits per heavy atom. The number of rotatable bonds is 4. The Morgan fingerprint density at radius 1 is 1.39 bits per heavy atom. The van der Waals surface area contributed by atoms with Gasteiger partial charge in [0.1, 0.15) is 5.56 Å². The first-order valence-corrected chi connectivity index (χ1v) is 5.63. The summed E-state index contributed by atoms with van der Waals surface area (Å²) in [5, 5.41) is 4.28. The van der Waals surface area contributed by atoms with Crippen molar-refractivity contribution in [3.05, 3.63) is 53.3 Å². The van der Waals surface area contributed by atoms with Crippen LogP contribution in [0.5, 0.6) is 0 Å². The lowest BCUT2D eigenvalue weighted by atomic mass is 10.2. The van der Waals surface area contributed by atoms with Crippen LogP contribution in [0.2, 0.25) is 0 Å². The number of carbonyl (C=O) groups excluding carboxylic acids is 1. The molecule has 0 bridgehead atoms. The van der Waals surface area contributed by atoms with E-state index in [0.29, 0.717) is 17.8 Å². The molecule has 0 spiro atoms. The molecule has 0 saturated carbocycles. The van der Waals surface area contributed by atoms with Crippen molar-refractivity contribution in [2.24, 2.45) is 5.73 Å². The molecule has 94 valence electrons. The van der Waals surface area contributed by atoms with E-state index in [1.54, 1.807) is 10.9 Å². The van der Waals surface area contributed by atoms with E-state index in [2.05, 4.69) is 5.10 Å². The average Bonchev–Trinajstić information content (AvgIpc) is 2.82. The Balaban J connectivity index is 2.25. The number of esters is 1. The largest absolute Gasteiger partial charge is 0.465 e. The van der Waals surface area contributed by atoms with Crippen LogP contribution in [-0.2, 0) is 17.8 Å². The first-order valence-electron chi connectivity index (χ1n) is 5.63. The fourth-order valence-corrected chi connectivity index (χ4v) is 1.74. The Bertz CT molecular complexity index is 534. The summed E-state index contributed by atoms with van der Waals surface area (Å²) < 4.78 is 6.39. The van der Waals surface area contributed by atoms with Gasteiger partial charge in [0.05, 0.1) is 19.3 Å². The standard InChI is InChI=1S/C13H15N3O2/c1-18-13(17)11-9-16(15-12(11)7-14)8-10-5-3-2-4-6-10/h2-6,9H,7-8,14H2,1H3. The molecule has 1 aromatic carbocycles. The Labute approximate surface area is 105 Å². The summed E-state index contributed by atoms with van der Waals surface area (Å²) >= 11 is 0. The van der Waals surface area contributed by atoms with Gasteiger partial charge in [0.2, 0.25) is 0 Å². The number of nitrogens with zero attached hydrogens (tertiary/aromatic N) is 2. The van der Waals surface area contributed by atoms with Gasteiger partial charge in [-0.15, -0.1) is 0 Å². The number of hydrogen-bond acceptors (Lipinski definition) is 4. The van der Waals surface area contributed by atoms with E-state index in [1.807, 2.05) is 30.3 Å². The maximum absolute atomic E-state index is 11.5. The zero-order valence-corrected chi connectivity index (χ0v) is 10.2. The number of methoxy groups -OCH3 is 1. The zero-order chi connectivity index (χ0) is 13.0. The van der Waals surface area contributed by atoms with Crippen molar-refractivity contribution in [1.82, 2.24) is 9.78 Å². The van der Waals surface area contributed by atoms with Crippen LogP contribution < -0.4 is 5.73 Å². The molecule has 0 saturated heterocycles. The lowest BCUT2D eigenvalue weighted by Crippen LogP contribution is -2.07. The van der Waals surface area contributed by atoms with E-state index in [0.717, 1.165) is 5.56 Å². The van der Waals surface area contributed by atoms with E-state index < -0.39 is 5.97 Å². The molecule has 0 radical (unpaired) electrons. The second kappa shape index (κ2) is 5.46. The van der Waals surface area contributed by atoms with Gasteiger partial charge in [-0.1, -0.05) is 30.3 Å². The quantitative estimate of drug-likeness (QED) is 0.821. The van der Waals surface area contributed by atoms with Crippen molar-refractivity contribution in [2.75, 3.05) is 7.11 Å². The summed E-state index contributed by atoms with van der Waals surface area (Å²) in [4.78, 5) is 11.5. The van der Waals surface area contributed by atoms with Crippen LogP contribution in [0.15, 0.2) is 36.5 Å². The van der Waals surface area contributed by atoms with Gasteiger partial charge < -0.3 is 10.5 Å². The summed E-state index contributed by atoms with van der Waals surface area (Å²) in [6.07, 6.45) is 1.67. The molecule has 5 nitrogen and oxygen atoms in total. The lowest BCUT2D eigenvalue weighted by molar-refractivity contribution is 0.0599. The van der Waals surface area contributed by atoms with Gasteiger partial charge in [-0.25, -0.2) is 4.79 Å². The topological polar surface area (TPSA) is 70.1 Å². The minimum Gasteiger partial charge on any atom is -0.465 e. The van der Waals surface area contributed by atoms with Gasteiger partial charge in [-0.2, -0.15) is 5.10 Å². The van der Waals surface area contributed by atoms with Crippen LogP contribution in [0.25, 0.3) is 0 Å². The van der Waals surface area contributed by atoms with Crippen LogP contribution in [-0.4, -0.2) is 22.9 Å². The van der Waals surface area contributed by atoms with Gasteiger partial charge in [-0.05, 0) is 5.56 Å². The third-order valence-corrected chi connectivity index (χ3v) is 2.62. The molecule has 1 aromatic heterocycles. The molecule has 1 heterocycles. The summed E-state index contributed by atoms with van der Waals surface area (Å²) in [5.74, 6) is -0.408. The summed E-state index contributed by atoms with van der Waals surface area (Å²) in [6.45, 7) is 0.817. The Hall–Kier alpha value is -2.14. The van der Waals surface area contributed by atoms with Crippen molar-refractivity contribution < 1.29 is 9.53 Å². The van der Waals surface area contributed by atoms with Crippen LogP contribution >= 0.6 is 0 Å². The van der Waals surface area contributed by atoms with Gasteiger partial charge in [0.25, 0.3) is 0 Å². The third-order valence-electron chi connectivity index (χ3n) is 2.62. The van der Waals surface area contributed by atoms with E-state index >= 15 is 0 Å². The predicted molar refractivity (Wildman–Crippen MR) is 67.0 cm³/mol. The Kier molecular flexibility index (Phi) is 3.74. The van der Waals surface area contributed by atoms with E-state index in [-0.39, 0.29) is 6.54 Å². The third kappa shape index (κ3) is 2.57. The molecule has 0 amide bonds. The molecular formula is C13H15N3O2. The highest BCUT2D eigenvalue weighted by atomic mass is 16.5. The van der Waals surface area contributed by atoms with E-state index in [4.69, 9.17) is 10.5 Å². The molecule has 0 aliphatic rings. The van der Waals surface area contributed by atoms with Crippen molar-refractivity contribution in [2.45, 2.75) is 13.1 Å². The number of aromatic nitrogens is 2. The first-order chi connectivity index (χ1) is 8.74. The number of carbonyl (C=O) groups is 1. The first kappa shape index (κ1) is 12.3. The van der Waals surface area contributed by atoms with Gasteiger partial charge in [0.15, 0.2) is 0 Å². The Morgan fingerprint density at radius 3 is 2.72 bits per heavy atom. The molecule has 0 unspecified atom stereocenters. The lowest BCUT2D eigenvalue weighted by Gasteiger charge is -2.00. The molecule has 0 aliphatic heterocycles.